The van der Waals surface area contributed by atoms with E-state index in [9.17, 15) is 4.79 Å². The molecule has 0 spiro atoms. The Morgan fingerprint density at radius 2 is 1.85 bits per heavy atom. The van der Waals surface area contributed by atoms with Crippen molar-refractivity contribution in [2.45, 2.75) is 6.42 Å². The number of hydrogen-bond acceptors (Lipinski definition) is 2. The van der Waals surface area contributed by atoms with Crippen LogP contribution in [-0.4, -0.2) is 10.8 Å². The Hall–Kier alpha value is -2.19. The summed E-state index contributed by atoms with van der Waals surface area (Å²) in [6, 6.07) is 15.0. The summed E-state index contributed by atoms with van der Waals surface area (Å²) in [5.41, 5.74) is 1.70. The van der Waals surface area contributed by atoms with Gasteiger partial charge in [0, 0.05) is 34.8 Å². The van der Waals surface area contributed by atoms with Gasteiger partial charge in [0.05, 0.1) is 0 Å². The van der Waals surface area contributed by atoms with E-state index in [0.717, 1.165) is 21.9 Å². The Labute approximate surface area is 122 Å². The van der Waals surface area contributed by atoms with E-state index in [4.69, 9.17) is 11.6 Å². The fourth-order valence-electron chi connectivity index (χ4n) is 2.25. The predicted molar refractivity (Wildman–Crippen MR) is 81.2 cm³/mol. The molecule has 3 rings (SSSR count). The molecule has 0 amide bonds. The molecule has 3 heteroatoms. The number of benzene rings is 2. The van der Waals surface area contributed by atoms with Crippen molar-refractivity contribution < 1.29 is 4.79 Å². The molecule has 3 aromatic rings. The maximum Gasteiger partial charge on any atom is 0.167 e. The van der Waals surface area contributed by atoms with E-state index in [-0.39, 0.29) is 5.78 Å². The summed E-state index contributed by atoms with van der Waals surface area (Å²) in [5, 5.41) is 2.60. The van der Waals surface area contributed by atoms with E-state index < -0.39 is 0 Å². The summed E-state index contributed by atoms with van der Waals surface area (Å²) in [6.07, 6.45) is 3.86. The van der Waals surface area contributed by atoms with E-state index in [1.807, 2.05) is 36.4 Å². The van der Waals surface area contributed by atoms with Gasteiger partial charge in [-0.05, 0) is 29.1 Å². The zero-order valence-corrected chi connectivity index (χ0v) is 11.5. The SMILES string of the molecule is O=C(Cc1ccc(Cl)cc1)c1cccc2cnccc12. The molecule has 2 aromatic carbocycles. The second-order valence-corrected chi connectivity index (χ2v) is 5.07. The van der Waals surface area contributed by atoms with Crippen molar-refractivity contribution in [3.63, 3.8) is 0 Å². The van der Waals surface area contributed by atoms with Gasteiger partial charge in [-0.25, -0.2) is 0 Å². The zero-order chi connectivity index (χ0) is 13.9. The Bertz CT molecular complexity index is 760. The van der Waals surface area contributed by atoms with Crippen LogP contribution < -0.4 is 0 Å². The molecule has 0 aliphatic heterocycles. The molecular formula is C17H12ClNO. The molecule has 1 aromatic heterocycles. The minimum absolute atomic E-state index is 0.101. The summed E-state index contributed by atoms with van der Waals surface area (Å²) in [5.74, 6) is 0.101. The minimum atomic E-state index is 0.101. The second-order valence-electron chi connectivity index (χ2n) is 4.63. The monoisotopic (exact) mass is 281 g/mol. The number of Topliss-reactive ketones (excluding diaryl/α,β-unsaturated/α-hetero) is 1. The first-order valence-electron chi connectivity index (χ1n) is 6.34. The summed E-state index contributed by atoms with van der Waals surface area (Å²) < 4.78 is 0. The standard InChI is InChI=1S/C17H12ClNO/c18-14-6-4-12(5-7-14)10-17(20)16-3-1-2-13-11-19-9-8-15(13)16/h1-9,11H,10H2. The topological polar surface area (TPSA) is 30.0 Å². The molecule has 20 heavy (non-hydrogen) atoms. The first-order chi connectivity index (χ1) is 9.74. The molecule has 0 bridgehead atoms. The van der Waals surface area contributed by atoms with Crippen molar-refractivity contribution in [2.75, 3.05) is 0 Å². The van der Waals surface area contributed by atoms with E-state index in [1.54, 1.807) is 24.5 Å². The van der Waals surface area contributed by atoms with Crippen LogP contribution in [0.25, 0.3) is 10.8 Å². The quantitative estimate of drug-likeness (QED) is 0.670. The van der Waals surface area contributed by atoms with Gasteiger partial charge in [0.2, 0.25) is 0 Å². The van der Waals surface area contributed by atoms with Crippen molar-refractivity contribution in [1.82, 2.24) is 4.98 Å². The number of halogens is 1. The minimum Gasteiger partial charge on any atom is -0.294 e. The van der Waals surface area contributed by atoms with Crippen LogP contribution in [0.15, 0.2) is 60.9 Å². The molecule has 2 nitrogen and oxygen atoms in total. The lowest BCUT2D eigenvalue weighted by molar-refractivity contribution is 0.0994. The number of carbonyl (C=O) groups excluding carboxylic acids is 1. The molecule has 1 heterocycles. The third kappa shape index (κ3) is 2.56. The zero-order valence-electron chi connectivity index (χ0n) is 10.7. The van der Waals surface area contributed by atoms with Gasteiger partial charge >= 0.3 is 0 Å². The number of pyridine rings is 1. The highest BCUT2D eigenvalue weighted by Gasteiger charge is 2.10. The van der Waals surface area contributed by atoms with Gasteiger partial charge < -0.3 is 0 Å². The Morgan fingerprint density at radius 3 is 2.65 bits per heavy atom. The molecular weight excluding hydrogens is 270 g/mol. The first kappa shape index (κ1) is 12.8. The highest BCUT2D eigenvalue weighted by Crippen LogP contribution is 2.20. The van der Waals surface area contributed by atoms with Crippen LogP contribution in [0.5, 0.6) is 0 Å². The summed E-state index contributed by atoms with van der Waals surface area (Å²) >= 11 is 5.85. The van der Waals surface area contributed by atoms with Gasteiger partial charge in [-0.3, -0.25) is 9.78 Å². The smallest absolute Gasteiger partial charge is 0.167 e. The van der Waals surface area contributed by atoms with Gasteiger partial charge in [-0.2, -0.15) is 0 Å². The van der Waals surface area contributed by atoms with Crippen molar-refractivity contribution in [2.24, 2.45) is 0 Å². The van der Waals surface area contributed by atoms with Gasteiger partial charge in [-0.15, -0.1) is 0 Å². The van der Waals surface area contributed by atoms with Crippen molar-refractivity contribution in [3.8, 4) is 0 Å². The van der Waals surface area contributed by atoms with E-state index >= 15 is 0 Å². The van der Waals surface area contributed by atoms with Gasteiger partial charge in [-0.1, -0.05) is 41.9 Å². The summed E-state index contributed by atoms with van der Waals surface area (Å²) in [6.45, 7) is 0. The number of carbonyl (C=O) groups is 1. The molecule has 0 aliphatic carbocycles. The lowest BCUT2D eigenvalue weighted by atomic mass is 9.98. The largest absolute Gasteiger partial charge is 0.294 e. The number of nitrogens with zero attached hydrogens (tertiary/aromatic N) is 1. The molecule has 0 N–H and O–H groups in total. The van der Waals surface area contributed by atoms with E-state index in [2.05, 4.69) is 4.98 Å². The van der Waals surface area contributed by atoms with Crippen molar-refractivity contribution in [1.29, 1.82) is 0 Å². The Kier molecular flexibility index (Phi) is 3.48. The fourth-order valence-corrected chi connectivity index (χ4v) is 2.37. The normalized spacial score (nSPS) is 10.7. The number of ketones is 1. The average Bonchev–Trinajstić information content (AvgIpc) is 2.49. The number of fused-ring (bicyclic) bond motifs is 1. The Balaban J connectivity index is 1.94. The third-order valence-corrected chi connectivity index (χ3v) is 3.51. The summed E-state index contributed by atoms with van der Waals surface area (Å²) in [7, 11) is 0. The molecule has 0 unspecified atom stereocenters. The number of hydrogen-bond donors (Lipinski definition) is 0. The fraction of sp³-hybridized carbons (Fsp3) is 0.0588. The molecule has 0 fully saturated rings. The molecule has 0 aliphatic rings. The summed E-state index contributed by atoms with van der Waals surface area (Å²) in [4.78, 5) is 16.5. The lowest BCUT2D eigenvalue weighted by Gasteiger charge is -2.05. The van der Waals surface area contributed by atoms with Gasteiger partial charge in [0.25, 0.3) is 0 Å². The van der Waals surface area contributed by atoms with Crippen LogP contribution in [0.2, 0.25) is 5.02 Å². The second kappa shape index (κ2) is 5.43. The molecule has 0 saturated heterocycles. The third-order valence-electron chi connectivity index (χ3n) is 3.26. The first-order valence-corrected chi connectivity index (χ1v) is 6.72. The average molecular weight is 282 g/mol. The van der Waals surface area contributed by atoms with Gasteiger partial charge in [0.15, 0.2) is 5.78 Å². The maximum atomic E-state index is 12.5. The highest BCUT2D eigenvalue weighted by molar-refractivity contribution is 6.30. The Morgan fingerprint density at radius 1 is 1.05 bits per heavy atom. The molecule has 0 radical (unpaired) electrons. The molecule has 98 valence electrons. The van der Waals surface area contributed by atoms with Crippen LogP contribution in [0.3, 0.4) is 0 Å². The van der Waals surface area contributed by atoms with Crippen molar-refractivity contribution >= 4 is 28.2 Å². The van der Waals surface area contributed by atoms with Crippen LogP contribution >= 0.6 is 11.6 Å². The lowest BCUT2D eigenvalue weighted by Crippen LogP contribution is -2.04. The molecule has 0 saturated carbocycles. The predicted octanol–water partition coefficient (Wildman–Crippen LogP) is 4.31. The number of rotatable bonds is 3. The highest BCUT2D eigenvalue weighted by atomic mass is 35.5. The van der Waals surface area contributed by atoms with Crippen LogP contribution in [0.4, 0.5) is 0 Å². The molecule has 0 atom stereocenters. The van der Waals surface area contributed by atoms with Crippen LogP contribution in [-0.2, 0) is 6.42 Å². The van der Waals surface area contributed by atoms with E-state index in [1.165, 1.54) is 0 Å². The van der Waals surface area contributed by atoms with Crippen LogP contribution in [0, 0.1) is 0 Å². The van der Waals surface area contributed by atoms with Crippen molar-refractivity contribution in [3.05, 3.63) is 77.1 Å². The number of aromatic nitrogens is 1. The van der Waals surface area contributed by atoms with Crippen LogP contribution in [0.1, 0.15) is 15.9 Å². The van der Waals surface area contributed by atoms with E-state index in [0.29, 0.717) is 11.4 Å². The van der Waals surface area contributed by atoms with Gasteiger partial charge in [0.1, 0.15) is 0 Å². The maximum absolute atomic E-state index is 12.5.